The van der Waals surface area contributed by atoms with Gasteiger partial charge in [0, 0.05) is 32.5 Å². The number of likely N-dealkylation sites (tertiary alicyclic amines) is 1. The number of carbonyl (C=O) groups excluding carboxylic acids is 1. The maximum absolute atomic E-state index is 13.1. The minimum atomic E-state index is -0.195. The first kappa shape index (κ1) is 17.4. The Kier molecular flexibility index (Phi) is 4.74. The van der Waals surface area contributed by atoms with Gasteiger partial charge in [-0.3, -0.25) is 14.2 Å². The highest BCUT2D eigenvalue weighted by molar-refractivity contribution is 5.94. The third-order valence-electron chi connectivity index (χ3n) is 4.91. The van der Waals surface area contributed by atoms with Crippen LogP contribution in [-0.2, 0) is 13.6 Å². The number of rotatable bonds is 4. The van der Waals surface area contributed by atoms with Gasteiger partial charge in [0.1, 0.15) is 0 Å². The molecule has 0 bridgehead atoms. The van der Waals surface area contributed by atoms with Crippen LogP contribution < -0.4 is 0 Å². The second kappa shape index (κ2) is 7.34. The van der Waals surface area contributed by atoms with Crippen molar-refractivity contribution in [3.05, 3.63) is 36.2 Å². The summed E-state index contributed by atoms with van der Waals surface area (Å²) in [6.07, 6.45) is 10.8. The molecule has 0 radical (unpaired) electrons. The van der Waals surface area contributed by atoms with E-state index in [1.54, 1.807) is 28.0 Å². The molecule has 1 unspecified atom stereocenters. The van der Waals surface area contributed by atoms with Crippen molar-refractivity contribution >= 4 is 5.91 Å². The Hall–Kier alpha value is -2.97. The van der Waals surface area contributed by atoms with Gasteiger partial charge < -0.3 is 9.42 Å². The summed E-state index contributed by atoms with van der Waals surface area (Å²) in [4.78, 5) is 19.5. The predicted octanol–water partition coefficient (Wildman–Crippen LogP) is 2.44. The van der Waals surface area contributed by atoms with Crippen LogP contribution in [0, 0.1) is 0 Å². The highest BCUT2D eigenvalue weighted by Gasteiger charge is 2.31. The van der Waals surface area contributed by atoms with Gasteiger partial charge in [0.15, 0.2) is 5.82 Å². The van der Waals surface area contributed by atoms with E-state index in [2.05, 4.69) is 20.3 Å². The zero-order chi connectivity index (χ0) is 18.8. The van der Waals surface area contributed by atoms with Crippen LogP contribution >= 0.6 is 0 Å². The van der Waals surface area contributed by atoms with Gasteiger partial charge in [-0.1, -0.05) is 18.0 Å². The van der Waals surface area contributed by atoms with Crippen molar-refractivity contribution in [3.8, 4) is 11.5 Å². The van der Waals surface area contributed by atoms with Crippen LogP contribution in [-0.4, -0.2) is 47.1 Å². The van der Waals surface area contributed by atoms with E-state index in [-0.39, 0.29) is 11.9 Å². The van der Waals surface area contributed by atoms with E-state index in [0.29, 0.717) is 23.8 Å². The van der Waals surface area contributed by atoms with Crippen molar-refractivity contribution in [3.63, 3.8) is 0 Å². The van der Waals surface area contributed by atoms with E-state index in [1.807, 2.05) is 25.1 Å². The van der Waals surface area contributed by atoms with E-state index >= 15 is 0 Å². The smallest absolute Gasteiger partial charge is 0.261 e. The van der Waals surface area contributed by atoms with Gasteiger partial charge in [0.05, 0.1) is 29.6 Å². The highest BCUT2D eigenvalue weighted by Crippen LogP contribution is 2.31. The lowest BCUT2D eigenvalue weighted by molar-refractivity contribution is 0.0670. The molecule has 1 fully saturated rings. The standard InChI is InChI=1S/C18H23N7O2/c1-3-24-12-14(10-20-24)18(26)25-8-6-4-5-7-15(25)16-21-17(27-22-16)13-9-19-23(2)11-13/h9-12,15H,3-8H2,1-2H3. The van der Waals surface area contributed by atoms with Crippen LogP contribution in [0.5, 0.6) is 0 Å². The Bertz CT molecular complexity index is 926. The third-order valence-corrected chi connectivity index (χ3v) is 4.91. The molecule has 3 aromatic heterocycles. The summed E-state index contributed by atoms with van der Waals surface area (Å²) in [7, 11) is 1.84. The van der Waals surface area contributed by atoms with E-state index in [9.17, 15) is 4.79 Å². The van der Waals surface area contributed by atoms with Gasteiger partial charge in [0.2, 0.25) is 0 Å². The molecule has 1 aliphatic heterocycles. The second-order valence-corrected chi connectivity index (χ2v) is 6.81. The Balaban J connectivity index is 1.62. The van der Waals surface area contributed by atoms with E-state index in [1.165, 1.54) is 0 Å². The number of aryl methyl sites for hydroxylation is 2. The second-order valence-electron chi connectivity index (χ2n) is 6.81. The molecule has 0 aromatic carbocycles. The topological polar surface area (TPSA) is 94.9 Å². The fourth-order valence-corrected chi connectivity index (χ4v) is 3.45. The minimum absolute atomic E-state index is 0.0330. The average Bonchev–Trinajstić information content (AvgIpc) is 3.39. The molecule has 1 aliphatic rings. The number of nitrogens with zero attached hydrogens (tertiary/aromatic N) is 7. The van der Waals surface area contributed by atoms with Crippen LogP contribution in [0.2, 0.25) is 0 Å². The van der Waals surface area contributed by atoms with Crippen molar-refractivity contribution in [1.82, 2.24) is 34.6 Å². The number of aromatic nitrogens is 6. The zero-order valence-electron chi connectivity index (χ0n) is 15.6. The molecule has 1 atom stereocenters. The summed E-state index contributed by atoms with van der Waals surface area (Å²) in [6.45, 7) is 3.41. The molecule has 9 nitrogen and oxygen atoms in total. The van der Waals surface area contributed by atoms with Gasteiger partial charge in [-0.15, -0.1) is 0 Å². The van der Waals surface area contributed by atoms with E-state index in [0.717, 1.165) is 37.8 Å². The normalized spacial score (nSPS) is 17.9. The van der Waals surface area contributed by atoms with Crippen LogP contribution in [0.4, 0.5) is 0 Å². The molecular formula is C18H23N7O2. The summed E-state index contributed by atoms with van der Waals surface area (Å²) in [6, 6.07) is -0.195. The monoisotopic (exact) mass is 369 g/mol. The predicted molar refractivity (Wildman–Crippen MR) is 96.6 cm³/mol. The minimum Gasteiger partial charge on any atom is -0.334 e. The molecule has 3 aromatic rings. The molecular weight excluding hydrogens is 346 g/mol. The van der Waals surface area contributed by atoms with Crippen molar-refractivity contribution < 1.29 is 9.32 Å². The molecule has 0 aliphatic carbocycles. The summed E-state index contributed by atoms with van der Waals surface area (Å²) >= 11 is 0. The number of amides is 1. The molecule has 27 heavy (non-hydrogen) atoms. The molecule has 142 valence electrons. The molecule has 0 saturated carbocycles. The zero-order valence-corrected chi connectivity index (χ0v) is 15.6. The van der Waals surface area contributed by atoms with Gasteiger partial charge in [-0.25, -0.2) is 0 Å². The SMILES string of the molecule is CCn1cc(C(=O)N2CCCCCC2c2noc(-c3cnn(C)c3)n2)cn1. The van der Waals surface area contributed by atoms with Crippen molar-refractivity contribution in [2.45, 2.75) is 45.2 Å². The van der Waals surface area contributed by atoms with Crippen molar-refractivity contribution in [2.75, 3.05) is 6.54 Å². The number of hydrogen-bond acceptors (Lipinski definition) is 6. The Morgan fingerprint density at radius 1 is 1.22 bits per heavy atom. The Morgan fingerprint density at radius 3 is 2.85 bits per heavy atom. The first-order chi connectivity index (χ1) is 13.2. The average molecular weight is 369 g/mol. The molecule has 0 N–H and O–H groups in total. The van der Waals surface area contributed by atoms with E-state index < -0.39 is 0 Å². The van der Waals surface area contributed by atoms with Crippen LogP contribution in [0.1, 0.15) is 54.8 Å². The third kappa shape index (κ3) is 3.49. The molecule has 4 heterocycles. The first-order valence-corrected chi connectivity index (χ1v) is 9.31. The molecule has 1 saturated heterocycles. The van der Waals surface area contributed by atoms with Gasteiger partial charge in [-0.2, -0.15) is 15.2 Å². The fourth-order valence-electron chi connectivity index (χ4n) is 3.45. The van der Waals surface area contributed by atoms with Crippen molar-refractivity contribution in [2.24, 2.45) is 7.05 Å². The Morgan fingerprint density at radius 2 is 2.11 bits per heavy atom. The molecule has 9 heteroatoms. The largest absolute Gasteiger partial charge is 0.334 e. The summed E-state index contributed by atoms with van der Waals surface area (Å²) < 4.78 is 8.89. The van der Waals surface area contributed by atoms with Crippen molar-refractivity contribution in [1.29, 1.82) is 0 Å². The lowest BCUT2D eigenvalue weighted by atomic mass is 10.1. The highest BCUT2D eigenvalue weighted by atomic mass is 16.5. The number of carbonyl (C=O) groups is 1. The van der Waals surface area contributed by atoms with Gasteiger partial charge in [-0.05, 0) is 19.8 Å². The summed E-state index contributed by atoms with van der Waals surface area (Å²) in [5.74, 6) is 0.940. The summed E-state index contributed by atoms with van der Waals surface area (Å²) in [5, 5.41) is 12.5. The first-order valence-electron chi connectivity index (χ1n) is 9.31. The van der Waals surface area contributed by atoms with Gasteiger partial charge in [0.25, 0.3) is 11.8 Å². The van der Waals surface area contributed by atoms with E-state index in [4.69, 9.17) is 4.52 Å². The molecule has 1 amide bonds. The lowest BCUT2D eigenvalue weighted by Crippen LogP contribution is -2.35. The summed E-state index contributed by atoms with van der Waals surface area (Å²) in [5.41, 5.74) is 1.37. The Labute approximate surface area is 157 Å². The van der Waals surface area contributed by atoms with Crippen LogP contribution in [0.15, 0.2) is 29.3 Å². The fraction of sp³-hybridized carbons (Fsp3) is 0.500. The quantitative estimate of drug-likeness (QED) is 0.701. The molecule has 4 rings (SSSR count). The van der Waals surface area contributed by atoms with Crippen LogP contribution in [0.3, 0.4) is 0 Å². The maximum Gasteiger partial charge on any atom is 0.261 e. The molecule has 0 spiro atoms. The number of hydrogen-bond donors (Lipinski definition) is 0. The lowest BCUT2D eigenvalue weighted by Gasteiger charge is -2.27. The van der Waals surface area contributed by atoms with Gasteiger partial charge >= 0.3 is 0 Å². The van der Waals surface area contributed by atoms with Crippen LogP contribution in [0.25, 0.3) is 11.5 Å². The maximum atomic E-state index is 13.1.